The number of hydrogen-bond acceptors (Lipinski definition) is 5. The van der Waals surface area contributed by atoms with Crippen molar-refractivity contribution in [1.29, 1.82) is 0 Å². The van der Waals surface area contributed by atoms with E-state index < -0.39 is 0 Å². The van der Waals surface area contributed by atoms with Crippen molar-refractivity contribution in [3.05, 3.63) is 64.7 Å². The lowest BCUT2D eigenvalue weighted by Crippen LogP contribution is -2.24. The molecule has 1 saturated heterocycles. The van der Waals surface area contributed by atoms with Crippen LogP contribution >= 0.6 is 0 Å². The van der Waals surface area contributed by atoms with Crippen molar-refractivity contribution in [2.24, 2.45) is 0 Å². The minimum Gasteiger partial charge on any atom is -0.496 e. The second kappa shape index (κ2) is 8.86. The standard InChI is InChI=1S/C21H26N4O3/c1-25(2)21(27)16-6-4-5-14(9-16)11-22-20(26)15-7-8-18(19(10-15)28-3)17-12-23-24-13-17/h4-10,17,23-24H,11-13H2,1-3H3,(H,22,26). The Labute approximate surface area is 165 Å². The molecule has 0 bridgehead atoms. The van der Waals surface area contributed by atoms with Gasteiger partial charge in [-0.15, -0.1) is 0 Å². The Kier molecular flexibility index (Phi) is 6.28. The number of carbonyl (C=O) groups excluding carboxylic acids is 2. The summed E-state index contributed by atoms with van der Waals surface area (Å²) in [5.74, 6) is 0.770. The van der Waals surface area contributed by atoms with Crippen molar-refractivity contribution in [1.82, 2.24) is 21.1 Å². The van der Waals surface area contributed by atoms with Crippen LogP contribution in [0.3, 0.4) is 0 Å². The fraction of sp³-hybridized carbons (Fsp3) is 0.333. The van der Waals surface area contributed by atoms with Gasteiger partial charge in [-0.1, -0.05) is 18.2 Å². The highest BCUT2D eigenvalue weighted by Gasteiger charge is 2.21. The van der Waals surface area contributed by atoms with E-state index in [0.29, 0.717) is 29.3 Å². The number of rotatable bonds is 6. The highest BCUT2D eigenvalue weighted by Crippen LogP contribution is 2.28. The molecule has 0 radical (unpaired) electrons. The van der Waals surface area contributed by atoms with Gasteiger partial charge in [-0.25, -0.2) is 0 Å². The third kappa shape index (κ3) is 4.49. The number of nitrogens with zero attached hydrogens (tertiary/aromatic N) is 1. The quantitative estimate of drug-likeness (QED) is 0.706. The van der Waals surface area contributed by atoms with Gasteiger partial charge in [0.25, 0.3) is 11.8 Å². The van der Waals surface area contributed by atoms with Crippen LogP contribution in [0.2, 0.25) is 0 Å². The number of amides is 2. The van der Waals surface area contributed by atoms with Crippen LogP contribution in [0.1, 0.15) is 37.8 Å². The molecule has 3 rings (SSSR count). The van der Waals surface area contributed by atoms with E-state index in [2.05, 4.69) is 16.2 Å². The zero-order valence-electron chi connectivity index (χ0n) is 16.4. The molecule has 28 heavy (non-hydrogen) atoms. The van der Waals surface area contributed by atoms with Crippen LogP contribution in [0.4, 0.5) is 0 Å². The van der Waals surface area contributed by atoms with E-state index in [0.717, 1.165) is 24.2 Å². The molecular weight excluding hydrogens is 356 g/mol. The summed E-state index contributed by atoms with van der Waals surface area (Å²) in [6, 6.07) is 12.8. The summed E-state index contributed by atoms with van der Waals surface area (Å²) in [7, 11) is 5.04. The Morgan fingerprint density at radius 2 is 1.86 bits per heavy atom. The first kappa shape index (κ1) is 19.9. The second-order valence-corrected chi connectivity index (χ2v) is 7.00. The molecule has 0 aromatic heterocycles. The van der Waals surface area contributed by atoms with E-state index in [4.69, 9.17) is 4.74 Å². The van der Waals surface area contributed by atoms with Crippen LogP contribution in [0, 0.1) is 0 Å². The molecule has 2 amide bonds. The molecule has 7 heteroatoms. The minimum absolute atomic E-state index is 0.0654. The summed E-state index contributed by atoms with van der Waals surface area (Å²) in [4.78, 5) is 26.2. The largest absolute Gasteiger partial charge is 0.496 e. The van der Waals surface area contributed by atoms with E-state index in [1.807, 2.05) is 24.3 Å². The van der Waals surface area contributed by atoms with Gasteiger partial charge in [-0.3, -0.25) is 20.4 Å². The highest BCUT2D eigenvalue weighted by atomic mass is 16.5. The Morgan fingerprint density at radius 3 is 2.54 bits per heavy atom. The lowest BCUT2D eigenvalue weighted by atomic mass is 9.97. The lowest BCUT2D eigenvalue weighted by molar-refractivity contribution is 0.0827. The summed E-state index contributed by atoms with van der Waals surface area (Å²) >= 11 is 0. The molecule has 3 N–H and O–H groups in total. The first-order chi connectivity index (χ1) is 13.5. The van der Waals surface area contributed by atoms with Gasteiger partial charge in [0.05, 0.1) is 7.11 Å². The molecule has 1 heterocycles. The Bertz CT molecular complexity index is 860. The van der Waals surface area contributed by atoms with Crippen molar-refractivity contribution in [3.8, 4) is 5.75 Å². The van der Waals surface area contributed by atoms with Crippen molar-refractivity contribution < 1.29 is 14.3 Å². The average molecular weight is 382 g/mol. The first-order valence-electron chi connectivity index (χ1n) is 9.22. The van der Waals surface area contributed by atoms with Crippen LogP contribution in [0.25, 0.3) is 0 Å². The molecule has 1 fully saturated rings. The maximum absolute atomic E-state index is 12.6. The molecular formula is C21H26N4O3. The summed E-state index contributed by atoms with van der Waals surface area (Å²) in [6.45, 7) is 1.99. The van der Waals surface area contributed by atoms with Crippen molar-refractivity contribution >= 4 is 11.8 Å². The van der Waals surface area contributed by atoms with Gasteiger partial charge >= 0.3 is 0 Å². The monoisotopic (exact) mass is 382 g/mol. The normalized spacial score (nSPS) is 14.0. The van der Waals surface area contributed by atoms with E-state index in [1.165, 1.54) is 4.90 Å². The summed E-state index contributed by atoms with van der Waals surface area (Å²) in [5.41, 5.74) is 9.30. The van der Waals surface area contributed by atoms with Crippen LogP contribution in [-0.4, -0.2) is 51.0 Å². The van der Waals surface area contributed by atoms with E-state index >= 15 is 0 Å². The van der Waals surface area contributed by atoms with Gasteiger partial charge in [0.2, 0.25) is 0 Å². The molecule has 2 aromatic rings. The SMILES string of the molecule is COc1cc(C(=O)NCc2cccc(C(=O)N(C)C)c2)ccc1C1CNNC1. The van der Waals surface area contributed by atoms with Gasteiger partial charge in [0.1, 0.15) is 5.75 Å². The van der Waals surface area contributed by atoms with Crippen molar-refractivity contribution in [2.45, 2.75) is 12.5 Å². The van der Waals surface area contributed by atoms with Crippen LogP contribution in [0.15, 0.2) is 42.5 Å². The second-order valence-electron chi connectivity index (χ2n) is 7.00. The van der Waals surface area contributed by atoms with Crippen molar-refractivity contribution in [2.75, 3.05) is 34.3 Å². The van der Waals surface area contributed by atoms with Crippen molar-refractivity contribution in [3.63, 3.8) is 0 Å². The summed E-state index contributed by atoms with van der Waals surface area (Å²) < 4.78 is 5.50. The summed E-state index contributed by atoms with van der Waals surface area (Å²) in [5, 5.41) is 2.91. The predicted molar refractivity (Wildman–Crippen MR) is 107 cm³/mol. The molecule has 148 valence electrons. The van der Waals surface area contributed by atoms with Gasteiger partial charge in [0, 0.05) is 50.8 Å². The molecule has 7 nitrogen and oxygen atoms in total. The fourth-order valence-electron chi connectivity index (χ4n) is 3.23. The summed E-state index contributed by atoms with van der Waals surface area (Å²) in [6.07, 6.45) is 0. The van der Waals surface area contributed by atoms with Crippen LogP contribution in [0.5, 0.6) is 5.75 Å². The number of nitrogens with one attached hydrogen (secondary N) is 3. The lowest BCUT2D eigenvalue weighted by Gasteiger charge is -2.15. The van der Waals surface area contributed by atoms with Gasteiger partial charge < -0.3 is 15.0 Å². The number of hydrogen-bond donors (Lipinski definition) is 3. The molecule has 2 aromatic carbocycles. The van der Waals surface area contributed by atoms with Crippen LogP contribution in [-0.2, 0) is 6.54 Å². The maximum Gasteiger partial charge on any atom is 0.253 e. The van der Waals surface area contributed by atoms with Gasteiger partial charge in [0.15, 0.2) is 0 Å². The zero-order chi connectivity index (χ0) is 20.1. The van der Waals surface area contributed by atoms with Crippen LogP contribution < -0.4 is 20.9 Å². The Balaban J connectivity index is 1.68. The zero-order valence-corrected chi connectivity index (χ0v) is 16.4. The fourth-order valence-corrected chi connectivity index (χ4v) is 3.23. The number of methoxy groups -OCH3 is 1. The number of hydrazine groups is 1. The smallest absolute Gasteiger partial charge is 0.253 e. The topological polar surface area (TPSA) is 82.7 Å². The molecule has 0 saturated carbocycles. The predicted octanol–water partition coefficient (Wildman–Crippen LogP) is 1.52. The third-order valence-corrected chi connectivity index (χ3v) is 4.79. The highest BCUT2D eigenvalue weighted by molar-refractivity contribution is 5.95. The molecule has 1 aliphatic heterocycles. The van der Waals surface area contributed by atoms with E-state index in [9.17, 15) is 9.59 Å². The molecule has 1 aliphatic rings. The molecule has 0 aliphatic carbocycles. The van der Waals surface area contributed by atoms with E-state index in [-0.39, 0.29) is 11.8 Å². The average Bonchev–Trinajstić information content (AvgIpc) is 3.25. The first-order valence-corrected chi connectivity index (χ1v) is 9.22. The van der Waals surface area contributed by atoms with Gasteiger partial charge in [-0.05, 0) is 35.4 Å². The number of ether oxygens (including phenoxy) is 1. The molecule has 0 atom stereocenters. The van der Waals surface area contributed by atoms with Gasteiger partial charge in [-0.2, -0.15) is 0 Å². The Morgan fingerprint density at radius 1 is 1.11 bits per heavy atom. The number of carbonyl (C=O) groups is 2. The maximum atomic E-state index is 12.6. The molecule has 0 unspecified atom stereocenters. The molecule has 0 spiro atoms. The Hall–Kier alpha value is -2.90. The minimum atomic E-state index is -0.183. The third-order valence-electron chi connectivity index (χ3n) is 4.79. The van der Waals surface area contributed by atoms with E-state index in [1.54, 1.807) is 39.4 Å². The number of benzene rings is 2.